The fourth-order valence-corrected chi connectivity index (χ4v) is 2.21. The lowest BCUT2D eigenvalue weighted by atomic mass is 10.0. The van der Waals surface area contributed by atoms with Gasteiger partial charge in [-0.15, -0.1) is 0 Å². The normalized spacial score (nSPS) is 23.2. The van der Waals surface area contributed by atoms with E-state index in [0.717, 1.165) is 18.1 Å². The quantitative estimate of drug-likeness (QED) is 0.827. The van der Waals surface area contributed by atoms with Crippen LogP contribution in [0, 0.1) is 0 Å². The Labute approximate surface area is 91.2 Å². The summed E-state index contributed by atoms with van der Waals surface area (Å²) >= 11 is 0. The Balaban J connectivity index is 1.95. The first kappa shape index (κ1) is 10.7. The Morgan fingerprint density at radius 3 is 2.87 bits per heavy atom. The van der Waals surface area contributed by atoms with Gasteiger partial charge < -0.3 is 10.2 Å². The summed E-state index contributed by atoms with van der Waals surface area (Å²) in [6.45, 7) is 4.92. The highest BCUT2D eigenvalue weighted by atomic mass is 16.3. The van der Waals surface area contributed by atoms with Crippen molar-refractivity contribution in [2.75, 3.05) is 6.54 Å². The van der Waals surface area contributed by atoms with Crippen LogP contribution < -0.4 is 5.73 Å². The number of hydrogen-bond acceptors (Lipinski definition) is 3. The molecule has 1 aromatic rings. The predicted molar refractivity (Wildman–Crippen MR) is 60.3 cm³/mol. The Bertz CT molecular complexity index is 308. The minimum Gasteiger partial charge on any atom is -0.463 e. The third kappa shape index (κ3) is 2.61. The van der Waals surface area contributed by atoms with Crippen LogP contribution in [0.25, 0.3) is 0 Å². The first-order valence-electron chi connectivity index (χ1n) is 5.81. The molecule has 15 heavy (non-hydrogen) atoms. The van der Waals surface area contributed by atoms with E-state index in [-0.39, 0.29) is 0 Å². The lowest BCUT2D eigenvalue weighted by Crippen LogP contribution is -2.36. The van der Waals surface area contributed by atoms with Crippen molar-refractivity contribution in [1.82, 2.24) is 4.90 Å². The maximum absolute atomic E-state index is 5.62. The molecule has 1 aliphatic heterocycles. The van der Waals surface area contributed by atoms with Crippen LogP contribution in [0.1, 0.15) is 37.7 Å². The van der Waals surface area contributed by atoms with Crippen LogP contribution in [0.4, 0.5) is 0 Å². The van der Waals surface area contributed by atoms with Gasteiger partial charge in [-0.05, 0) is 38.4 Å². The van der Waals surface area contributed by atoms with E-state index in [1.165, 1.54) is 25.8 Å². The molecule has 1 unspecified atom stereocenters. The highest BCUT2D eigenvalue weighted by molar-refractivity contribution is 5.07. The molecule has 0 spiro atoms. The average Bonchev–Trinajstić information content (AvgIpc) is 2.69. The van der Waals surface area contributed by atoms with E-state index < -0.39 is 0 Å². The Morgan fingerprint density at radius 2 is 2.20 bits per heavy atom. The van der Waals surface area contributed by atoms with Gasteiger partial charge in [-0.1, -0.05) is 6.42 Å². The molecule has 3 nitrogen and oxygen atoms in total. The second-order valence-corrected chi connectivity index (χ2v) is 4.39. The van der Waals surface area contributed by atoms with Crippen molar-refractivity contribution in [3.05, 3.63) is 23.7 Å². The molecule has 0 aromatic carbocycles. The van der Waals surface area contributed by atoms with Gasteiger partial charge in [0.2, 0.25) is 0 Å². The highest BCUT2D eigenvalue weighted by Gasteiger charge is 2.19. The van der Waals surface area contributed by atoms with Crippen LogP contribution in [0.5, 0.6) is 0 Å². The van der Waals surface area contributed by atoms with Crippen molar-refractivity contribution in [1.29, 1.82) is 0 Å². The van der Waals surface area contributed by atoms with Gasteiger partial charge in [-0.25, -0.2) is 0 Å². The summed E-state index contributed by atoms with van der Waals surface area (Å²) < 4.78 is 5.62. The Morgan fingerprint density at radius 1 is 1.40 bits per heavy atom. The predicted octanol–water partition coefficient (Wildman–Crippen LogP) is 2.11. The third-order valence-corrected chi connectivity index (χ3v) is 3.22. The number of likely N-dealkylation sites (tertiary alicyclic amines) is 1. The standard InChI is InChI=1S/C12H20N2O/c1-10-4-2-3-7-14(10)9-12-6-5-11(8-13)15-12/h5-6,10H,2-4,7-9,13H2,1H3. The molecule has 1 aliphatic rings. The molecule has 1 atom stereocenters. The first-order chi connectivity index (χ1) is 7.29. The van der Waals surface area contributed by atoms with E-state index >= 15 is 0 Å². The van der Waals surface area contributed by atoms with E-state index in [0.29, 0.717) is 12.6 Å². The highest BCUT2D eigenvalue weighted by Crippen LogP contribution is 2.19. The number of rotatable bonds is 3. The molecule has 0 aliphatic carbocycles. The van der Waals surface area contributed by atoms with Gasteiger partial charge in [0.1, 0.15) is 11.5 Å². The molecule has 3 heteroatoms. The van der Waals surface area contributed by atoms with Crippen molar-refractivity contribution in [2.45, 2.75) is 45.3 Å². The van der Waals surface area contributed by atoms with Crippen molar-refractivity contribution < 1.29 is 4.42 Å². The molecule has 1 fully saturated rings. The summed E-state index contributed by atoms with van der Waals surface area (Å²) in [6, 6.07) is 4.71. The van der Waals surface area contributed by atoms with Gasteiger partial charge in [0, 0.05) is 6.04 Å². The molecule has 0 amide bonds. The summed E-state index contributed by atoms with van der Waals surface area (Å²) in [7, 11) is 0. The maximum atomic E-state index is 5.62. The van der Waals surface area contributed by atoms with Crippen molar-refractivity contribution in [2.24, 2.45) is 5.73 Å². The van der Waals surface area contributed by atoms with E-state index in [1.54, 1.807) is 0 Å². The molecule has 0 radical (unpaired) electrons. The lowest BCUT2D eigenvalue weighted by molar-refractivity contribution is 0.141. The second-order valence-electron chi connectivity index (χ2n) is 4.39. The van der Waals surface area contributed by atoms with Gasteiger partial charge in [0.25, 0.3) is 0 Å². The number of hydrogen-bond donors (Lipinski definition) is 1. The SMILES string of the molecule is CC1CCCCN1Cc1ccc(CN)o1. The zero-order valence-electron chi connectivity index (χ0n) is 9.41. The van der Waals surface area contributed by atoms with E-state index in [2.05, 4.69) is 11.8 Å². The number of nitrogens with two attached hydrogens (primary N) is 1. The molecule has 1 aromatic heterocycles. The van der Waals surface area contributed by atoms with Crippen molar-refractivity contribution >= 4 is 0 Å². The summed E-state index contributed by atoms with van der Waals surface area (Å²) in [5.41, 5.74) is 5.52. The monoisotopic (exact) mass is 208 g/mol. The zero-order chi connectivity index (χ0) is 10.7. The van der Waals surface area contributed by atoms with Gasteiger partial charge in [-0.2, -0.15) is 0 Å². The topological polar surface area (TPSA) is 42.4 Å². The average molecular weight is 208 g/mol. The van der Waals surface area contributed by atoms with Gasteiger partial charge in [0.15, 0.2) is 0 Å². The lowest BCUT2D eigenvalue weighted by Gasteiger charge is -2.32. The Kier molecular flexibility index (Phi) is 3.44. The van der Waals surface area contributed by atoms with E-state index in [1.807, 2.05) is 12.1 Å². The van der Waals surface area contributed by atoms with Crippen molar-refractivity contribution in [3.63, 3.8) is 0 Å². The molecule has 2 heterocycles. The minimum absolute atomic E-state index is 0.496. The largest absolute Gasteiger partial charge is 0.463 e. The van der Waals surface area contributed by atoms with Gasteiger partial charge in [-0.3, -0.25) is 4.90 Å². The van der Waals surface area contributed by atoms with Crippen LogP contribution in [-0.2, 0) is 13.1 Å². The van der Waals surface area contributed by atoms with Crippen LogP contribution in [0.2, 0.25) is 0 Å². The maximum Gasteiger partial charge on any atom is 0.118 e. The van der Waals surface area contributed by atoms with E-state index in [4.69, 9.17) is 10.2 Å². The number of piperidine rings is 1. The molecule has 0 bridgehead atoms. The van der Waals surface area contributed by atoms with Crippen LogP contribution >= 0.6 is 0 Å². The molecule has 84 valence electrons. The molecular weight excluding hydrogens is 188 g/mol. The summed E-state index contributed by atoms with van der Waals surface area (Å²) in [6.07, 6.45) is 3.99. The first-order valence-corrected chi connectivity index (χ1v) is 5.81. The number of nitrogens with zero attached hydrogens (tertiary/aromatic N) is 1. The van der Waals surface area contributed by atoms with E-state index in [9.17, 15) is 0 Å². The van der Waals surface area contributed by atoms with Crippen LogP contribution in [0.3, 0.4) is 0 Å². The number of furan rings is 1. The molecular formula is C12H20N2O. The third-order valence-electron chi connectivity index (χ3n) is 3.22. The molecule has 2 N–H and O–H groups in total. The Hall–Kier alpha value is -0.800. The van der Waals surface area contributed by atoms with Crippen LogP contribution in [0.15, 0.2) is 16.5 Å². The zero-order valence-corrected chi connectivity index (χ0v) is 9.41. The smallest absolute Gasteiger partial charge is 0.118 e. The molecule has 0 saturated carbocycles. The summed E-state index contributed by atoms with van der Waals surface area (Å²) in [5.74, 6) is 1.93. The minimum atomic E-state index is 0.496. The van der Waals surface area contributed by atoms with Crippen LogP contribution in [-0.4, -0.2) is 17.5 Å². The second kappa shape index (κ2) is 4.81. The summed E-state index contributed by atoms with van der Waals surface area (Å²) in [4.78, 5) is 2.49. The fraction of sp³-hybridized carbons (Fsp3) is 0.667. The molecule has 1 saturated heterocycles. The summed E-state index contributed by atoms with van der Waals surface area (Å²) in [5, 5.41) is 0. The fourth-order valence-electron chi connectivity index (χ4n) is 2.21. The van der Waals surface area contributed by atoms with Crippen molar-refractivity contribution in [3.8, 4) is 0 Å². The van der Waals surface area contributed by atoms with Gasteiger partial charge in [0.05, 0.1) is 13.1 Å². The molecule has 2 rings (SSSR count). The van der Waals surface area contributed by atoms with Gasteiger partial charge >= 0.3 is 0 Å².